The summed E-state index contributed by atoms with van der Waals surface area (Å²) >= 11 is 0. The summed E-state index contributed by atoms with van der Waals surface area (Å²) in [6.07, 6.45) is 1.91. The highest BCUT2D eigenvalue weighted by molar-refractivity contribution is 7.93. The average Bonchev–Trinajstić information content (AvgIpc) is 2.39. The molecule has 106 valence electrons. The van der Waals surface area contributed by atoms with E-state index in [1.165, 1.54) is 0 Å². The van der Waals surface area contributed by atoms with E-state index in [2.05, 4.69) is 4.72 Å². The first-order valence-corrected chi connectivity index (χ1v) is 8.05. The van der Waals surface area contributed by atoms with E-state index in [1.807, 2.05) is 13.0 Å². The van der Waals surface area contributed by atoms with Crippen LogP contribution in [0.5, 0.6) is 0 Å². The highest BCUT2D eigenvalue weighted by Crippen LogP contribution is 2.22. The minimum absolute atomic E-state index is 0.381. The van der Waals surface area contributed by atoms with Crippen molar-refractivity contribution in [2.75, 3.05) is 23.7 Å². The van der Waals surface area contributed by atoms with Gasteiger partial charge < -0.3 is 10.5 Å². The van der Waals surface area contributed by atoms with Crippen molar-refractivity contribution in [2.45, 2.75) is 31.4 Å². The fraction of sp³-hybridized carbons (Fsp3) is 0.538. The van der Waals surface area contributed by atoms with Crippen LogP contribution < -0.4 is 10.5 Å². The number of nitrogens with two attached hydrogens (primary N) is 1. The van der Waals surface area contributed by atoms with E-state index < -0.39 is 10.0 Å². The third kappa shape index (κ3) is 3.39. The maximum absolute atomic E-state index is 12.2. The number of benzene rings is 1. The normalized spacial score (nSPS) is 17.3. The molecule has 1 heterocycles. The van der Waals surface area contributed by atoms with Crippen LogP contribution >= 0.6 is 0 Å². The molecule has 0 aromatic heterocycles. The zero-order chi connectivity index (χ0) is 13.9. The molecule has 1 aliphatic heterocycles. The van der Waals surface area contributed by atoms with Crippen molar-refractivity contribution < 1.29 is 13.2 Å². The Kier molecular flexibility index (Phi) is 4.31. The van der Waals surface area contributed by atoms with Gasteiger partial charge in [-0.05, 0) is 37.0 Å². The third-order valence-corrected chi connectivity index (χ3v) is 5.26. The summed E-state index contributed by atoms with van der Waals surface area (Å²) in [7, 11) is -3.36. The Bertz CT molecular complexity index is 537. The Morgan fingerprint density at radius 2 is 2.05 bits per heavy atom. The number of nitrogen functional groups attached to an aromatic ring is 1. The summed E-state index contributed by atoms with van der Waals surface area (Å²) in [4.78, 5) is 0. The molecule has 1 aliphatic rings. The van der Waals surface area contributed by atoms with E-state index in [0.717, 1.165) is 12.0 Å². The number of rotatable bonds is 4. The molecule has 5 nitrogen and oxygen atoms in total. The topological polar surface area (TPSA) is 81.4 Å². The number of aryl methyl sites for hydroxylation is 1. The van der Waals surface area contributed by atoms with Crippen molar-refractivity contribution in [2.24, 2.45) is 0 Å². The second kappa shape index (κ2) is 5.79. The molecule has 2 rings (SSSR count). The standard InChI is InChI=1S/C13H20N2O3S/c1-2-10-3-4-11(9-13(10)14)15-19(16,17)12-5-7-18-8-6-12/h3-4,9,12,15H,2,5-8,14H2,1H3. The van der Waals surface area contributed by atoms with Gasteiger partial charge in [-0.15, -0.1) is 0 Å². The van der Waals surface area contributed by atoms with Gasteiger partial charge >= 0.3 is 0 Å². The fourth-order valence-corrected chi connectivity index (χ4v) is 3.65. The quantitative estimate of drug-likeness (QED) is 0.825. The van der Waals surface area contributed by atoms with E-state index in [1.54, 1.807) is 12.1 Å². The highest BCUT2D eigenvalue weighted by atomic mass is 32.2. The first kappa shape index (κ1) is 14.1. The van der Waals surface area contributed by atoms with Gasteiger partial charge in [-0.1, -0.05) is 13.0 Å². The summed E-state index contributed by atoms with van der Waals surface area (Å²) in [6.45, 7) is 3.02. The molecule has 0 aliphatic carbocycles. The molecule has 1 saturated heterocycles. The Balaban J connectivity index is 2.13. The fourth-order valence-electron chi connectivity index (χ4n) is 2.21. The van der Waals surface area contributed by atoms with Gasteiger partial charge in [-0.3, -0.25) is 4.72 Å². The van der Waals surface area contributed by atoms with Crippen LogP contribution in [0.4, 0.5) is 11.4 Å². The maximum Gasteiger partial charge on any atom is 0.235 e. The highest BCUT2D eigenvalue weighted by Gasteiger charge is 2.27. The van der Waals surface area contributed by atoms with Crippen molar-refractivity contribution in [3.8, 4) is 0 Å². The molecule has 1 fully saturated rings. The van der Waals surface area contributed by atoms with Crippen LogP contribution in [-0.2, 0) is 21.2 Å². The van der Waals surface area contributed by atoms with E-state index in [9.17, 15) is 8.42 Å². The van der Waals surface area contributed by atoms with E-state index in [-0.39, 0.29) is 5.25 Å². The van der Waals surface area contributed by atoms with Gasteiger partial charge in [0.25, 0.3) is 0 Å². The first-order chi connectivity index (χ1) is 9.03. The lowest BCUT2D eigenvalue weighted by atomic mass is 10.1. The lowest BCUT2D eigenvalue weighted by Crippen LogP contribution is -2.33. The Hall–Kier alpha value is -1.27. The first-order valence-electron chi connectivity index (χ1n) is 6.50. The van der Waals surface area contributed by atoms with E-state index in [4.69, 9.17) is 10.5 Å². The van der Waals surface area contributed by atoms with Crippen molar-refractivity contribution in [1.29, 1.82) is 0 Å². The molecule has 1 aromatic carbocycles. The van der Waals surface area contributed by atoms with Crippen LogP contribution in [0.25, 0.3) is 0 Å². The SMILES string of the molecule is CCc1ccc(NS(=O)(=O)C2CCOCC2)cc1N. The van der Waals surface area contributed by atoms with E-state index >= 15 is 0 Å². The second-order valence-electron chi connectivity index (χ2n) is 4.73. The van der Waals surface area contributed by atoms with Crippen molar-refractivity contribution >= 4 is 21.4 Å². The van der Waals surface area contributed by atoms with Crippen LogP contribution in [-0.4, -0.2) is 26.9 Å². The molecule has 0 unspecified atom stereocenters. The summed E-state index contributed by atoms with van der Waals surface area (Å²) < 4.78 is 32.2. The van der Waals surface area contributed by atoms with Gasteiger partial charge in [-0.25, -0.2) is 8.42 Å². The average molecular weight is 284 g/mol. The number of hydrogen-bond acceptors (Lipinski definition) is 4. The molecule has 0 saturated carbocycles. The Morgan fingerprint density at radius 1 is 1.37 bits per heavy atom. The molecule has 6 heteroatoms. The lowest BCUT2D eigenvalue weighted by molar-refractivity contribution is 0.0984. The number of nitrogens with one attached hydrogen (secondary N) is 1. The van der Waals surface area contributed by atoms with Gasteiger partial charge in [0.05, 0.1) is 10.9 Å². The predicted molar refractivity (Wildman–Crippen MR) is 76.6 cm³/mol. The van der Waals surface area contributed by atoms with Crippen molar-refractivity contribution in [1.82, 2.24) is 0 Å². The van der Waals surface area contributed by atoms with Crippen LogP contribution in [0.1, 0.15) is 25.3 Å². The molecule has 0 bridgehead atoms. The molecule has 1 aromatic rings. The van der Waals surface area contributed by atoms with Gasteiger partial charge in [-0.2, -0.15) is 0 Å². The largest absolute Gasteiger partial charge is 0.398 e. The molecular formula is C13H20N2O3S. The smallest absolute Gasteiger partial charge is 0.235 e. The molecular weight excluding hydrogens is 264 g/mol. The van der Waals surface area contributed by atoms with Gasteiger partial charge in [0.2, 0.25) is 10.0 Å². The molecule has 3 N–H and O–H groups in total. The van der Waals surface area contributed by atoms with Crippen molar-refractivity contribution in [3.05, 3.63) is 23.8 Å². The number of anilines is 2. The van der Waals surface area contributed by atoms with Gasteiger partial charge in [0.15, 0.2) is 0 Å². The summed E-state index contributed by atoms with van der Waals surface area (Å²) in [6, 6.07) is 5.29. The Morgan fingerprint density at radius 3 is 2.63 bits per heavy atom. The molecule has 0 spiro atoms. The summed E-state index contributed by atoms with van der Waals surface area (Å²) in [5, 5.41) is -0.381. The number of hydrogen-bond donors (Lipinski definition) is 2. The van der Waals surface area contributed by atoms with Gasteiger partial charge in [0, 0.05) is 18.9 Å². The Labute approximate surface area is 114 Å². The molecule has 0 atom stereocenters. The molecule has 0 amide bonds. The zero-order valence-corrected chi connectivity index (χ0v) is 11.9. The number of ether oxygens (including phenoxy) is 1. The predicted octanol–water partition coefficient (Wildman–Crippen LogP) is 1.75. The summed E-state index contributed by atoms with van der Waals surface area (Å²) in [5.74, 6) is 0. The third-order valence-electron chi connectivity index (χ3n) is 3.39. The van der Waals surface area contributed by atoms with E-state index in [0.29, 0.717) is 37.4 Å². The number of sulfonamides is 1. The molecule has 0 radical (unpaired) electrons. The van der Waals surface area contributed by atoms with Crippen LogP contribution in [0.2, 0.25) is 0 Å². The van der Waals surface area contributed by atoms with Crippen molar-refractivity contribution in [3.63, 3.8) is 0 Å². The van der Waals surface area contributed by atoms with Crippen LogP contribution in [0, 0.1) is 0 Å². The van der Waals surface area contributed by atoms with Crippen LogP contribution in [0.3, 0.4) is 0 Å². The van der Waals surface area contributed by atoms with Gasteiger partial charge in [0.1, 0.15) is 0 Å². The molecule has 19 heavy (non-hydrogen) atoms. The summed E-state index contributed by atoms with van der Waals surface area (Å²) in [5.41, 5.74) is 8.05. The minimum Gasteiger partial charge on any atom is -0.398 e. The van der Waals surface area contributed by atoms with Crippen LogP contribution in [0.15, 0.2) is 18.2 Å². The maximum atomic E-state index is 12.2. The second-order valence-corrected chi connectivity index (χ2v) is 6.69. The zero-order valence-electron chi connectivity index (χ0n) is 11.1. The minimum atomic E-state index is -3.36. The monoisotopic (exact) mass is 284 g/mol. The lowest BCUT2D eigenvalue weighted by Gasteiger charge is -2.23.